The highest BCUT2D eigenvalue weighted by molar-refractivity contribution is 7.80. The molecule has 5 heteroatoms. The second kappa shape index (κ2) is 7.30. The molecule has 0 fully saturated rings. The topological polar surface area (TPSA) is 42.3 Å². The van der Waals surface area contributed by atoms with Crippen molar-refractivity contribution >= 4 is 17.3 Å². The summed E-state index contributed by atoms with van der Waals surface area (Å²) in [4.78, 5) is 0. The van der Waals surface area contributed by atoms with Crippen LogP contribution in [0.4, 0.5) is 0 Å². The molecule has 0 atom stereocenters. The van der Waals surface area contributed by atoms with Crippen LogP contribution in [-0.4, -0.2) is 42.3 Å². The van der Waals surface area contributed by atoms with E-state index in [1.165, 1.54) is 0 Å². The maximum absolute atomic E-state index is 8.48. The molecule has 0 saturated heterocycles. The number of nitriles is 1. The largest absolute Gasteiger partial charge is 0.358 e. The zero-order chi connectivity index (χ0) is 11.0. The summed E-state index contributed by atoms with van der Waals surface area (Å²) in [5, 5.41) is 15.8. The molecule has 78 valence electrons. The molecule has 0 heterocycles. The summed E-state index contributed by atoms with van der Waals surface area (Å²) in [6.07, 6.45) is 2.19. The first kappa shape index (κ1) is 12.9. The zero-order valence-corrected chi connectivity index (χ0v) is 9.47. The number of hydrogen-bond acceptors (Lipinski definition) is 3. The highest BCUT2D eigenvalue weighted by atomic mass is 32.1. The van der Waals surface area contributed by atoms with Gasteiger partial charge in [0.2, 0.25) is 0 Å². The maximum atomic E-state index is 8.48. The molecule has 0 aromatic heterocycles. The van der Waals surface area contributed by atoms with Gasteiger partial charge in [0.15, 0.2) is 5.11 Å². The van der Waals surface area contributed by atoms with Gasteiger partial charge in [-0.15, -0.1) is 6.58 Å². The van der Waals surface area contributed by atoms with E-state index in [1.807, 2.05) is 24.1 Å². The van der Waals surface area contributed by atoms with Gasteiger partial charge in [0.05, 0.1) is 12.5 Å². The molecule has 1 N–H and O–H groups in total. The van der Waals surface area contributed by atoms with Crippen molar-refractivity contribution in [2.45, 2.75) is 6.42 Å². The molecule has 14 heavy (non-hydrogen) atoms. The molecule has 0 aliphatic rings. The molecule has 0 amide bonds. The Morgan fingerprint density at radius 3 is 2.71 bits per heavy atom. The summed E-state index contributed by atoms with van der Waals surface area (Å²) >= 11 is 5.15. The minimum atomic E-state index is 0.452. The third-order valence-electron chi connectivity index (χ3n) is 1.55. The van der Waals surface area contributed by atoms with Gasteiger partial charge in [0.1, 0.15) is 0 Å². The second-order valence-corrected chi connectivity index (χ2v) is 3.24. The number of nitrogens with one attached hydrogen (secondary N) is 1. The minimum Gasteiger partial charge on any atom is -0.358 e. The second-order valence-electron chi connectivity index (χ2n) is 2.85. The van der Waals surface area contributed by atoms with E-state index in [2.05, 4.69) is 18.0 Å². The molecule has 0 bridgehead atoms. The van der Waals surface area contributed by atoms with Crippen molar-refractivity contribution in [1.82, 2.24) is 15.3 Å². The van der Waals surface area contributed by atoms with Crippen molar-refractivity contribution in [2.24, 2.45) is 0 Å². The van der Waals surface area contributed by atoms with E-state index in [-0.39, 0.29) is 0 Å². The Kier molecular flexibility index (Phi) is 6.72. The molecule has 0 unspecified atom stereocenters. The lowest BCUT2D eigenvalue weighted by molar-refractivity contribution is 0.112. The van der Waals surface area contributed by atoms with E-state index < -0.39 is 0 Å². The molecule has 4 nitrogen and oxygen atoms in total. The number of hydrazine groups is 1. The Bertz CT molecular complexity index is 231. The van der Waals surface area contributed by atoms with E-state index in [0.29, 0.717) is 24.6 Å². The SMILES string of the molecule is C=CCNC(=S)N(CCC#N)N(C)C. The first-order valence-electron chi connectivity index (χ1n) is 4.34. The van der Waals surface area contributed by atoms with Crippen LogP contribution in [0.3, 0.4) is 0 Å². The zero-order valence-electron chi connectivity index (χ0n) is 8.66. The Balaban J connectivity index is 4.12. The summed E-state index contributed by atoms with van der Waals surface area (Å²) in [6, 6.07) is 2.09. The van der Waals surface area contributed by atoms with Crippen LogP contribution in [0.5, 0.6) is 0 Å². The molecular formula is C9H16N4S. The molecule has 0 aliphatic heterocycles. The fraction of sp³-hybridized carbons (Fsp3) is 0.556. The summed E-state index contributed by atoms with van der Waals surface area (Å²) in [6.45, 7) is 4.83. The van der Waals surface area contributed by atoms with Crippen LogP contribution < -0.4 is 5.32 Å². The molecule has 0 aromatic rings. The molecule has 0 aliphatic carbocycles. The average Bonchev–Trinajstić information content (AvgIpc) is 2.14. The highest BCUT2D eigenvalue weighted by Gasteiger charge is 2.09. The maximum Gasteiger partial charge on any atom is 0.183 e. The van der Waals surface area contributed by atoms with Crippen LogP contribution in [0.2, 0.25) is 0 Å². The number of nitrogens with zero attached hydrogens (tertiary/aromatic N) is 3. The van der Waals surface area contributed by atoms with Crippen molar-refractivity contribution in [3.05, 3.63) is 12.7 Å². The summed E-state index contributed by atoms with van der Waals surface area (Å²) in [5.74, 6) is 0. The number of hydrogen-bond donors (Lipinski definition) is 1. The third kappa shape index (κ3) is 4.80. The molecule has 0 radical (unpaired) electrons. The smallest absolute Gasteiger partial charge is 0.183 e. The molecule has 0 aromatic carbocycles. The van der Waals surface area contributed by atoms with Gasteiger partial charge in [-0.3, -0.25) is 5.01 Å². The number of rotatable bonds is 5. The standard InChI is InChI=1S/C9H16N4S/c1-4-7-11-9(14)13(12(2)3)8-5-6-10/h4H,1,5,7-8H2,2-3H3,(H,11,14). The lowest BCUT2D eigenvalue weighted by Gasteiger charge is -2.30. The van der Waals surface area contributed by atoms with E-state index in [9.17, 15) is 0 Å². The van der Waals surface area contributed by atoms with Gasteiger partial charge in [0.25, 0.3) is 0 Å². The summed E-state index contributed by atoms with van der Waals surface area (Å²) in [5.41, 5.74) is 0. The quantitative estimate of drug-likeness (QED) is 0.413. The monoisotopic (exact) mass is 212 g/mol. The molecule has 0 rings (SSSR count). The lowest BCUT2D eigenvalue weighted by Crippen LogP contribution is -2.47. The van der Waals surface area contributed by atoms with Crippen LogP contribution in [-0.2, 0) is 0 Å². The van der Waals surface area contributed by atoms with Crippen LogP contribution in [0, 0.1) is 11.3 Å². The minimum absolute atomic E-state index is 0.452. The van der Waals surface area contributed by atoms with Crippen molar-refractivity contribution in [2.75, 3.05) is 27.2 Å². The van der Waals surface area contributed by atoms with Gasteiger partial charge in [-0.2, -0.15) is 5.26 Å². The van der Waals surface area contributed by atoms with Crippen LogP contribution in [0.1, 0.15) is 6.42 Å². The Morgan fingerprint density at radius 2 is 2.29 bits per heavy atom. The lowest BCUT2D eigenvalue weighted by atomic mass is 10.4. The van der Waals surface area contributed by atoms with Crippen molar-refractivity contribution in [1.29, 1.82) is 5.26 Å². The van der Waals surface area contributed by atoms with Gasteiger partial charge in [-0.05, 0) is 12.2 Å². The summed E-state index contributed by atoms with van der Waals surface area (Å²) < 4.78 is 0. The third-order valence-corrected chi connectivity index (χ3v) is 1.91. The van der Waals surface area contributed by atoms with E-state index >= 15 is 0 Å². The normalized spacial score (nSPS) is 9.29. The Labute approximate surface area is 90.8 Å². The average molecular weight is 212 g/mol. The first-order chi connectivity index (χ1) is 6.63. The van der Waals surface area contributed by atoms with Crippen molar-refractivity contribution in [3.63, 3.8) is 0 Å². The highest BCUT2D eigenvalue weighted by Crippen LogP contribution is 1.95. The van der Waals surface area contributed by atoms with Crippen molar-refractivity contribution < 1.29 is 0 Å². The predicted molar refractivity (Wildman–Crippen MR) is 61.4 cm³/mol. The Morgan fingerprint density at radius 1 is 1.64 bits per heavy atom. The molecule has 0 spiro atoms. The van der Waals surface area contributed by atoms with Crippen LogP contribution in [0.15, 0.2) is 12.7 Å². The van der Waals surface area contributed by atoms with E-state index in [0.717, 1.165) is 0 Å². The van der Waals surface area contributed by atoms with Crippen LogP contribution in [0.25, 0.3) is 0 Å². The van der Waals surface area contributed by atoms with Gasteiger partial charge in [-0.25, -0.2) is 5.01 Å². The molecule has 0 saturated carbocycles. The Hall–Kier alpha value is -1.12. The fourth-order valence-electron chi connectivity index (χ4n) is 0.890. The van der Waals surface area contributed by atoms with Gasteiger partial charge in [-0.1, -0.05) is 6.08 Å². The number of thiocarbonyl (C=S) groups is 1. The molecular weight excluding hydrogens is 196 g/mol. The van der Waals surface area contributed by atoms with Gasteiger partial charge >= 0.3 is 0 Å². The van der Waals surface area contributed by atoms with Crippen LogP contribution >= 0.6 is 12.2 Å². The van der Waals surface area contributed by atoms with E-state index in [4.69, 9.17) is 17.5 Å². The predicted octanol–water partition coefficient (Wildman–Crippen LogP) is 0.739. The van der Waals surface area contributed by atoms with E-state index in [1.54, 1.807) is 6.08 Å². The van der Waals surface area contributed by atoms with Crippen molar-refractivity contribution in [3.8, 4) is 6.07 Å². The fourth-order valence-corrected chi connectivity index (χ4v) is 1.23. The van der Waals surface area contributed by atoms with Gasteiger partial charge in [0, 0.05) is 27.2 Å². The first-order valence-corrected chi connectivity index (χ1v) is 4.74. The summed E-state index contributed by atoms with van der Waals surface area (Å²) in [7, 11) is 3.78. The van der Waals surface area contributed by atoms with Gasteiger partial charge < -0.3 is 5.32 Å².